The molecule has 0 aliphatic heterocycles. The van der Waals surface area contributed by atoms with Crippen LogP contribution in [0.5, 0.6) is 0 Å². The monoisotopic (exact) mass is 310 g/mol. The molecule has 23 heavy (non-hydrogen) atoms. The predicted molar refractivity (Wildman–Crippen MR) is 93.6 cm³/mol. The first-order valence-corrected chi connectivity index (χ1v) is 7.67. The number of carbonyl (C=O) groups is 2. The summed E-state index contributed by atoms with van der Waals surface area (Å²) in [5, 5.41) is 5.57. The zero-order valence-corrected chi connectivity index (χ0v) is 13.8. The predicted octanol–water partition coefficient (Wildman–Crippen LogP) is 3.83. The third-order valence-corrected chi connectivity index (χ3v) is 3.59. The van der Waals surface area contributed by atoms with Gasteiger partial charge in [-0.2, -0.15) is 0 Å². The summed E-state index contributed by atoms with van der Waals surface area (Å²) in [7, 11) is 0. The Morgan fingerprint density at radius 1 is 0.957 bits per heavy atom. The first-order valence-electron chi connectivity index (χ1n) is 7.67. The molecular formula is C19H22N2O2. The molecule has 0 saturated carbocycles. The third kappa shape index (κ3) is 5.25. The van der Waals surface area contributed by atoms with E-state index in [4.69, 9.17) is 0 Å². The van der Waals surface area contributed by atoms with Crippen LogP contribution < -0.4 is 10.6 Å². The van der Waals surface area contributed by atoms with E-state index < -0.39 is 0 Å². The van der Waals surface area contributed by atoms with Gasteiger partial charge in [0.25, 0.3) is 0 Å². The first-order chi connectivity index (χ1) is 10.9. The van der Waals surface area contributed by atoms with Gasteiger partial charge in [0.2, 0.25) is 11.8 Å². The summed E-state index contributed by atoms with van der Waals surface area (Å²) >= 11 is 0. The molecule has 0 saturated heterocycles. The standard InChI is InChI=1S/C19H22N2O2/c1-13-7-8-16(14(2)11-13)9-10-19(23)21-18-6-4-5-17(12-18)20-15(3)22/h4-8,11-12H,9-10H2,1-3H3,(H,20,22)(H,21,23). The van der Waals surface area contributed by atoms with E-state index in [0.29, 0.717) is 24.2 Å². The highest BCUT2D eigenvalue weighted by atomic mass is 16.2. The van der Waals surface area contributed by atoms with Gasteiger partial charge in [0, 0.05) is 24.7 Å². The maximum Gasteiger partial charge on any atom is 0.224 e. The van der Waals surface area contributed by atoms with Crippen molar-refractivity contribution in [2.24, 2.45) is 0 Å². The lowest BCUT2D eigenvalue weighted by Gasteiger charge is -2.09. The van der Waals surface area contributed by atoms with Crippen LogP contribution in [-0.4, -0.2) is 11.8 Å². The van der Waals surface area contributed by atoms with Crippen LogP contribution in [0.25, 0.3) is 0 Å². The van der Waals surface area contributed by atoms with Gasteiger partial charge in [-0.25, -0.2) is 0 Å². The van der Waals surface area contributed by atoms with Gasteiger partial charge >= 0.3 is 0 Å². The molecule has 0 atom stereocenters. The summed E-state index contributed by atoms with van der Waals surface area (Å²) in [5.74, 6) is -0.173. The topological polar surface area (TPSA) is 58.2 Å². The molecule has 2 N–H and O–H groups in total. The van der Waals surface area contributed by atoms with Crippen molar-refractivity contribution in [1.29, 1.82) is 0 Å². The second kappa shape index (κ2) is 7.58. The highest BCUT2D eigenvalue weighted by molar-refractivity contribution is 5.93. The largest absolute Gasteiger partial charge is 0.326 e. The number of hydrogen-bond acceptors (Lipinski definition) is 2. The minimum absolute atomic E-state index is 0.0371. The lowest BCUT2D eigenvalue weighted by molar-refractivity contribution is -0.116. The fourth-order valence-electron chi connectivity index (χ4n) is 2.48. The van der Waals surface area contributed by atoms with E-state index in [1.807, 2.05) is 0 Å². The normalized spacial score (nSPS) is 10.2. The summed E-state index contributed by atoms with van der Waals surface area (Å²) in [4.78, 5) is 23.2. The van der Waals surface area contributed by atoms with E-state index >= 15 is 0 Å². The van der Waals surface area contributed by atoms with Gasteiger partial charge in [0.15, 0.2) is 0 Å². The maximum atomic E-state index is 12.1. The van der Waals surface area contributed by atoms with E-state index in [-0.39, 0.29) is 11.8 Å². The average Bonchev–Trinajstić information content (AvgIpc) is 2.46. The van der Waals surface area contributed by atoms with Crippen molar-refractivity contribution in [2.45, 2.75) is 33.6 Å². The van der Waals surface area contributed by atoms with Crippen molar-refractivity contribution in [3.05, 3.63) is 59.2 Å². The molecule has 0 spiro atoms. The maximum absolute atomic E-state index is 12.1. The Morgan fingerprint density at radius 2 is 1.65 bits per heavy atom. The van der Waals surface area contributed by atoms with E-state index in [0.717, 1.165) is 0 Å². The third-order valence-electron chi connectivity index (χ3n) is 3.59. The van der Waals surface area contributed by atoms with Crippen LogP contribution in [0.4, 0.5) is 11.4 Å². The summed E-state index contributed by atoms with van der Waals surface area (Å²) in [6.07, 6.45) is 1.14. The number of benzene rings is 2. The van der Waals surface area contributed by atoms with Crippen LogP contribution in [-0.2, 0) is 16.0 Å². The zero-order valence-electron chi connectivity index (χ0n) is 13.8. The Bertz CT molecular complexity index is 723. The van der Waals surface area contributed by atoms with E-state index in [2.05, 4.69) is 42.7 Å². The summed E-state index contributed by atoms with van der Waals surface area (Å²) < 4.78 is 0. The van der Waals surface area contributed by atoms with Crippen LogP contribution in [0.2, 0.25) is 0 Å². The second-order valence-corrected chi connectivity index (χ2v) is 5.74. The smallest absolute Gasteiger partial charge is 0.224 e. The molecule has 4 nitrogen and oxygen atoms in total. The van der Waals surface area contributed by atoms with Crippen LogP contribution in [0.1, 0.15) is 30.0 Å². The molecule has 0 radical (unpaired) electrons. The Kier molecular flexibility index (Phi) is 5.52. The quantitative estimate of drug-likeness (QED) is 0.881. The molecule has 0 aromatic heterocycles. The number of rotatable bonds is 5. The molecule has 0 heterocycles. The fraction of sp³-hybridized carbons (Fsp3) is 0.263. The highest BCUT2D eigenvalue weighted by Gasteiger charge is 2.06. The van der Waals surface area contributed by atoms with Crippen molar-refractivity contribution in [2.75, 3.05) is 10.6 Å². The fourth-order valence-corrected chi connectivity index (χ4v) is 2.48. The second-order valence-electron chi connectivity index (χ2n) is 5.74. The SMILES string of the molecule is CC(=O)Nc1cccc(NC(=O)CCc2ccc(C)cc2C)c1. The van der Waals surface area contributed by atoms with E-state index in [9.17, 15) is 9.59 Å². The van der Waals surface area contributed by atoms with Gasteiger partial charge in [-0.1, -0.05) is 29.8 Å². The van der Waals surface area contributed by atoms with Crippen LogP contribution in [0, 0.1) is 13.8 Å². The molecule has 0 unspecified atom stereocenters. The van der Waals surface area contributed by atoms with Gasteiger partial charge in [-0.05, 0) is 49.6 Å². The van der Waals surface area contributed by atoms with Crippen LogP contribution in [0.15, 0.2) is 42.5 Å². The average molecular weight is 310 g/mol. The number of carbonyl (C=O) groups excluding carboxylic acids is 2. The molecule has 0 aliphatic rings. The number of aryl methyl sites for hydroxylation is 3. The highest BCUT2D eigenvalue weighted by Crippen LogP contribution is 2.16. The lowest BCUT2D eigenvalue weighted by atomic mass is 10.0. The Labute approximate surface area is 136 Å². The summed E-state index contributed by atoms with van der Waals surface area (Å²) in [6.45, 7) is 5.58. The van der Waals surface area contributed by atoms with Gasteiger partial charge < -0.3 is 10.6 Å². The Morgan fingerprint density at radius 3 is 2.30 bits per heavy atom. The van der Waals surface area contributed by atoms with Crippen LogP contribution >= 0.6 is 0 Å². The Hall–Kier alpha value is -2.62. The molecule has 0 fully saturated rings. The van der Waals surface area contributed by atoms with Crippen molar-refractivity contribution >= 4 is 23.2 Å². The van der Waals surface area contributed by atoms with Crippen molar-refractivity contribution in [3.63, 3.8) is 0 Å². The van der Waals surface area contributed by atoms with Crippen molar-refractivity contribution < 1.29 is 9.59 Å². The minimum Gasteiger partial charge on any atom is -0.326 e. The van der Waals surface area contributed by atoms with Gasteiger partial charge in [0.05, 0.1) is 0 Å². The molecule has 0 aliphatic carbocycles. The number of nitrogens with one attached hydrogen (secondary N) is 2. The molecule has 2 rings (SSSR count). The Balaban J connectivity index is 1.93. The molecule has 0 bridgehead atoms. The van der Waals surface area contributed by atoms with Crippen LogP contribution in [0.3, 0.4) is 0 Å². The van der Waals surface area contributed by atoms with Gasteiger partial charge in [-0.15, -0.1) is 0 Å². The van der Waals surface area contributed by atoms with Gasteiger partial charge in [-0.3, -0.25) is 9.59 Å². The van der Waals surface area contributed by atoms with Crippen molar-refractivity contribution in [3.8, 4) is 0 Å². The molecule has 4 heteroatoms. The minimum atomic E-state index is -0.136. The molecule has 2 amide bonds. The molecular weight excluding hydrogens is 288 g/mol. The number of hydrogen-bond donors (Lipinski definition) is 2. The lowest BCUT2D eigenvalue weighted by Crippen LogP contribution is -2.13. The number of amides is 2. The number of anilines is 2. The first kappa shape index (κ1) is 16.7. The van der Waals surface area contributed by atoms with Crippen molar-refractivity contribution in [1.82, 2.24) is 0 Å². The summed E-state index contributed by atoms with van der Waals surface area (Å²) in [6, 6.07) is 13.4. The molecule has 2 aromatic rings. The molecule has 120 valence electrons. The van der Waals surface area contributed by atoms with Gasteiger partial charge in [0.1, 0.15) is 0 Å². The van der Waals surface area contributed by atoms with E-state index in [1.165, 1.54) is 23.6 Å². The van der Waals surface area contributed by atoms with E-state index in [1.54, 1.807) is 24.3 Å². The zero-order chi connectivity index (χ0) is 16.8. The summed E-state index contributed by atoms with van der Waals surface area (Å²) in [5.41, 5.74) is 4.99. The molecule has 2 aromatic carbocycles.